The molecule has 0 bridgehead atoms. The van der Waals surface area contributed by atoms with Crippen molar-refractivity contribution in [2.75, 3.05) is 42.0 Å². The number of hydrogen-bond donors (Lipinski definition) is 1. The number of pyridine rings is 1. The van der Waals surface area contributed by atoms with E-state index in [1.54, 1.807) is 33.8 Å². The third-order valence-electron chi connectivity index (χ3n) is 7.45. The summed E-state index contributed by atoms with van der Waals surface area (Å²) < 4.78 is 24.2. The van der Waals surface area contributed by atoms with Crippen LogP contribution in [0.25, 0.3) is 21.7 Å². The molecule has 208 valence electrons. The molecule has 0 unspecified atom stereocenters. The van der Waals surface area contributed by atoms with Crippen molar-refractivity contribution in [1.82, 2.24) is 9.88 Å². The Balaban J connectivity index is 1.90. The number of aromatic nitrogens is 1. The minimum atomic E-state index is -1.43. The molecule has 0 amide bonds. The third kappa shape index (κ3) is 5.03. The first-order valence-corrected chi connectivity index (χ1v) is 13.8. The second kappa shape index (κ2) is 11.5. The number of methoxy groups -OCH3 is 3. The van der Waals surface area contributed by atoms with Gasteiger partial charge in [0.1, 0.15) is 16.9 Å². The first-order chi connectivity index (χ1) is 19.3. The zero-order valence-corrected chi connectivity index (χ0v) is 24.9. The SMILES string of the molecule is COc1cc2ccc(Br)cc2cc1[C@@H](c1ccnc(OC)c1OC)[C@@](O)(CCN(C)C)c1cccc2occc12. The summed E-state index contributed by atoms with van der Waals surface area (Å²) in [6, 6.07) is 19.8. The first kappa shape index (κ1) is 28.0. The predicted octanol–water partition coefficient (Wildman–Crippen LogP) is 6.74. The summed E-state index contributed by atoms with van der Waals surface area (Å²) in [6.07, 6.45) is 3.74. The Bertz CT molecular complexity index is 1650. The highest BCUT2D eigenvalue weighted by Crippen LogP contribution is 2.52. The van der Waals surface area contributed by atoms with E-state index in [0.717, 1.165) is 37.3 Å². The standard InChI is InChI=1S/C32H33BrN2O5/c1-35(2)15-13-32(36,26-7-6-8-27-23(26)12-16-40-27)29(24-11-14-34-31(39-5)30(24)38-4)25-18-21-17-22(33)10-9-20(21)19-28(25)37-3/h6-12,14,16-19,29,36H,13,15H2,1-5H3/t29-,32-/m1/s1. The molecule has 0 saturated carbocycles. The fourth-order valence-electron chi connectivity index (χ4n) is 5.57. The summed E-state index contributed by atoms with van der Waals surface area (Å²) in [5, 5.41) is 16.1. The van der Waals surface area contributed by atoms with Gasteiger partial charge in [-0.25, -0.2) is 4.98 Å². The molecule has 2 heterocycles. The van der Waals surface area contributed by atoms with Crippen LogP contribution in [0, 0.1) is 0 Å². The van der Waals surface area contributed by atoms with Gasteiger partial charge < -0.3 is 28.6 Å². The fraction of sp³-hybridized carbons (Fsp3) is 0.281. The van der Waals surface area contributed by atoms with Crippen LogP contribution in [-0.2, 0) is 5.60 Å². The van der Waals surface area contributed by atoms with Gasteiger partial charge in [-0.2, -0.15) is 0 Å². The Kier molecular flexibility index (Phi) is 8.03. The topological polar surface area (TPSA) is 77.2 Å². The number of rotatable bonds is 10. The Labute approximate surface area is 242 Å². The van der Waals surface area contributed by atoms with E-state index in [1.807, 2.05) is 62.6 Å². The zero-order chi connectivity index (χ0) is 28.4. The highest BCUT2D eigenvalue weighted by molar-refractivity contribution is 9.10. The van der Waals surface area contributed by atoms with Crippen molar-refractivity contribution in [3.05, 3.63) is 94.3 Å². The lowest BCUT2D eigenvalue weighted by atomic mass is 9.70. The third-order valence-corrected chi connectivity index (χ3v) is 7.95. The van der Waals surface area contributed by atoms with Crippen LogP contribution in [0.5, 0.6) is 17.4 Å². The van der Waals surface area contributed by atoms with E-state index in [-0.39, 0.29) is 0 Å². The molecule has 0 fully saturated rings. The second-order valence-corrected chi connectivity index (χ2v) is 11.0. The molecule has 7 nitrogen and oxygen atoms in total. The monoisotopic (exact) mass is 604 g/mol. The largest absolute Gasteiger partial charge is 0.496 e. The van der Waals surface area contributed by atoms with Crippen LogP contribution in [0.4, 0.5) is 0 Å². The van der Waals surface area contributed by atoms with E-state index >= 15 is 0 Å². The number of ether oxygens (including phenoxy) is 3. The normalized spacial score (nSPS) is 13.9. The highest BCUT2D eigenvalue weighted by Gasteiger charge is 2.45. The number of fused-ring (bicyclic) bond motifs is 2. The van der Waals surface area contributed by atoms with Gasteiger partial charge in [-0.15, -0.1) is 0 Å². The molecule has 0 aliphatic carbocycles. The van der Waals surface area contributed by atoms with Crippen LogP contribution >= 0.6 is 15.9 Å². The molecule has 5 aromatic rings. The van der Waals surface area contributed by atoms with Gasteiger partial charge in [-0.1, -0.05) is 34.1 Å². The molecular weight excluding hydrogens is 572 g/mol. The summed E-state index contributed by atoms with van der Waals surface area (Å²) in [4.78, 5) is 6.46. The van der Waals surface area contributed by atoms with Gasteiger partial charge in [-0.05, 0) is 79.3 Å². The summed E-state index contributed by atoms with van der Waals surface area (Å²) in [5.74, 6) is 0.802. The lowest BCUT2D eigenvalue weighted by Gasteiger charge is -2.39. The van der Waals surface area contributed by atoms with Gasteiger partial charge in [0.25, 0.3) is 5.88 Å². The van der Waals surface area contributed by atoms with Gasteiger partial charge in [-0.3, -0.25) is 0 Å². The van der Waals surface area contributed by atoms with E-state index in [0.29, 0.717) is 35.9 Å². The van der Waals surface area contributed by atoms with Gasteiger partial charge in [0, 0.05) is 39.6 Å². The van der Waals surface area contributed by atoms with Gasteiger partial charge >= 0.3 is 0 Å². The number of benzene rings is 3. The molecule has 0 saturated heterocycles. The van der Waals surface area contributed by atoms with E-state index < -0.39 is 11.5 Å². The van der Waals surface area contributed by atoms with Crippen LogP contribution in [-0.4, -0.2) is 57.0 Å². The number of hydrogen-bond acceptors (Lipinski definition) is 7. The summed E-state index contributed by atoms with van der Waals surface area (Å²) >= 11 is 3.61. The maximum Gasteiger partial charge on any atom is 0.257 e. The lowest BCUT2D eigenvalue weighted by molar-refractivity contribution is 0.00464. The van der Waals surface area contributed by atoms with E-state index in [2.05, 4.69) is 37.9 Å². The fourth-order valence-corrected chi connectivity index (χ4v) is 5.95. The van der Waals surface area contributed by atoms with Crippen molar-refractivity contribution >= 4 is 37.7 Å². The molecule has 0 aliphatic heterocycles. The Hall–Kier alpha value is -3.59. The van der Waals surface area contributed by atoms with Crippen molar-refractivity contribution in [3.63, 3.8) is 0 Å². The molecule has 40 heavy (non-hydrogen) atoms. The smallest absolute Gasteiger partial charge is 0.257 e. The van der Waals surface area contributed by atoms with Crippen LogP contribution in [0.15, 0.2) is 82.0 Å². The quantitative estimate of drug-likeness (QED) is 0.189. The van der Waals surface area contributed by atoms with E-state index in [1.165, 1.54) is 0 Å². The number of furan rings is 1. The minimum absolute atomic E-state index is 0.337. The molecule has 2 atom stereocenters. The maximum atomic E-state index is 13.2. The highest BCUT2D eigenvalue weighted by atomic mass is 79.9. The van der Waals surface area contributed by atoms with Crippen LogP contribution in [0.3, 0.4) is 0 Å². The summed E-state index contributed by atoms with van der Waals surface area (Å²) in [6.45, 7) is 0.618. The number of halogens is 1. The molecule has 0 radical (unpaired) electrons. The minimum Gasteiger partial charge on any atom is -0.496 e. The van der Waals surface area contributed by atoms with E-state index in [9.17, 15) is 5.11 Å². The summed E-state index contributed by atoms with van der Waals surface area (Å²) in [7, 11) is 8.80. The second-order valence-electron chi connectivity index (χ2n) is 10.1. The van der Waals surface area contributed by atoms with Crippen LogP contribution in [0.1, 0.15) is 29.0 Å². The molecule has 1 N–H and O–H groups in total. The zero-order valence-electron chi connectivity index (χ0n) is 23.3. The van der Waals surface area contributed by atoms with Gasteiger partial charge in [0.15, 0.2) is 5.75 Å². The molecular formula is C32H33BrN2O5. The van der Waals surface area contributed by atoms with Gasteiger partial charge in [0.05, 0.1) is 27.6 Å². The number of aliphatic hydroxyl groups is 1. The molecule has 5 rings (SSSR count). The van der Waals surface area contributed by atoms with E-state index in [4.69, 9.17) is 18.6 Å². The van der Waals surface area contributed by atoms with Crippen LogP contribution in [0.2, 0.25) is 0 Å². The first-order valence-electron chi connectivity index (χ1n) is 13.0. The Morgan fingerprint density at radius 2 is 1.77 bits per heavy atom. The van der Waals surface area contributed by atoms with Crippen LogP contribution < -0.4 is 14.2 Å². The molecule has 8 heteroatoms. The van der Waals surface area contributed by atoms with Crippen molar-refractivity contribution in [2.45, 2.75) is 17.9 Å². The summed E-state index contributed by atoms with van der Waals surface area (Å²) in [5.41, 5.74) is 1.55. The predicted molar refractivity (Wildman–Crippen MR) is 161 cm³/mol. The average Bonchev–Trinajstić information content (AvgIpc) is 3.44. The van der Waals surface area contributed by atoms with Crippen molar-refractivity contribution in [2.24, 2.45) is 0 Å². The lowest BCUT2D eigenvalue weighted by Crippen LogP contribution is -2.38. The maximum absolute atomic E-state index is 13.2. The molecule has 0 spiro atoms. The molecule has 3 aromatic carbocycles. The van der Waals surface area contributed by atoms with Crippen molar-refractivity contribution in [1.29, 1.82) is 0 Å². The molecule has 0 aliphatic rings. The van der Waals surface area contributed by atoms with Crippen molar-refractivity contribution < 1.29 is 23.7 Å². The molecule has 2 aromatic heterocycles. The number of nitrogens with zero attached hydrogens (tertiary/aromatic N) is 2. The van der Waals surface area contributed by atoms with Crippen molar-refractivity contribution in [3.8, 4) is 17.4 Å². The average molecular weight is 606 g/mol. The Morgan fingerprint density at radius 1 is 0.950 bits per heavy atom. The Morgan fingerprint density at radius 3 is 2.50 bits per heavy atom. The van der Waals surface area contributed by atoms with Gasteiger partial charge in [0.2, 0.25) is 0 Å².